The van der Waals surface area contributed by atoms with Crippen LogP contribution in [0.15, 0.2) is 53.3 Å². The van der Waals surface area contributed by atoms with Crippen molar-refractivity contribution in [3.8, 4) is 0 Å². The number of rotatable bonds is 5. The van der Waals surface area contributed by atoms with E-state index < -0.39 is 0 Å². The third-order valence-electron chi connectivity index (χ3n) is 3.65. The number of carbonyl (C=O) groups excluding carboxylic acids is 2. The molecule has 0 atom stereocenters. The lowest BCUT2D eigenvalue weighted by Crippen LogP contribution is -2.26. The van der Waals surface area contributed by atoms with Gasteiger partial charge in [-0.3, -0.25) is 14.4 Å². The van der Waals surface area contributed by atoms with Crippen molar-refractivity contribution in [1.82, 2.24) is 15.0 Å². The third-order valence-corrected chi connectivity index (χ3v) is 3.65. The summed E-state index contributed by atoms with van der Waals surface area (Å²) in [5, 5.41) is 13.7. The minimum Gasteiger partial charge on any atom is -0.326 e. The van der Waals surface area contributed by atoms with Crippen molar-refractivity contribution in [3.05, 3.63) is 58.9 Å². The summed E-state index contributed by atoms with van der Waals surface area (Å²) < 4.78 is 1.18. The molecule has 132 valence electrons. The molecule has 0 fully saturated rings. The van der Waals surface area contributed by atoms with Crippen molar-refractivity contribution in [2.45, 2.75) is 19.9 Å². The van der Waals surface area contributed by atoms with E-state index in [0.717, 1.165) is 0 Å². The second-order valence-electron chi connectivity index (χ2n) is 5.70. The Hall–Kier alpha value is -3.55. The number of nitrogens with one attached hydrogen (secondary N) is 2. The van der Waals surface area contributed by atoms with Crippen molar-refractivity contribution in [2.75, 3.05) is 10.6 Å². The van der Waals surface area contributed by atoms with Crippen LogP contribution in [0, 0.1) is 0 Å². The van der Waals surface area contributed by atoms with Gasteiger partial charge in [-0.1, -0.05) is 23.4 Å². The molecule has 0 bridgehead atoms. The first-order valence-electron chi connectivity index (χ1n) is 8.03. The zero-order chi connectivity index (χ0) is 18.5. The normalized spacial score (nSPS) is 10.5. The Labute approximate surface area is 148 Å². The summed E-state index contributed by atoms with van der Waals surface area (Å²) in [6, 6.07) is 13.7. The number of aryl methyl sites for hydroxylation is 1. The molecule has 2 amide bonds. The molecular weight excluding hydrogens is 334 g/mol. The molecule has 0 aliphatic rings. The molecule has 2 N–H and O–H groups in total. The number of carbonyl (C=O) groups is 2. The SMILES string of the molecule is CC(=O)Nc1cccc(NC(=O)CCn2nnc3ccccc3c2=O)c1. The number of hydrogen-bond acceptors (Lipinski definition) is 5. The predicted octanol–water partition coefficient (Wildman–Crippen LogP) is 1.78. The minimum absolute atomic E-state index is 0.0668. The molecule has 8 nitrogen and oxygen atoms in total. The van der Waals surface area contributed by atoms with E-state index in [1.54, 1.807) is 48.5 Å². The molecule has 3 rings (SSSR count). The highest BCUT2D eigenvalue weighted by Gasteiger charge is 2.08. The summed E-state index contributed by atoms with van der Waals surface area (Å²) in [4.78, 5) is 35.6. The Bertz CT molecular complexity index is 1030. The summed E-state index contributed by atoms with van der Waals surface area (Å²) in [7, 11) is 0. The van der Waals surface area contributed by atoms with Crippen LogP contribution < -0.4 is 16.2 Å². The van der Waals surface area contributed by atoms with E-state index in [1.807, 2.05) is 0 Å². The molecule has 2 aromatic carbocycles. The Morgan fingerprint density at radius 2 is 1.77 bits per heavy atom. The van der Waals surface area contributed by atoms with Crippen molar-refractivity contribution in [1.29, 1.82) is 0 Å². The van der Waals surface area contributed by atoms with Crippen LogP contribution in [-0.4, -0.2) is 26.8 Å². The maximum atomic E-state index is 12.3. The summed E-state index contributed by atoms with van der Waals surface area (Å²) in [6.45, 7) is 1.53. The average Bonchev–Trinajstić information content (AvgIpc) is 2.61. The molecule has 1 heterocycles. The van der Waals surface area contributed by atoms with Gasteiger partial charge in [0, 0.05) is 24.7 Å². The van der Waals surface area contributed by atoms with Gasteiger partial charge in [-0.05, 0) is 30.3 Å². The molecule has 0 unspecified atom stereocenters. The van der Waals surface area contributed by atoms with Crippen molar-refractivity contribution >= 4 is 34.1 Å². The molecule has 0 saturated carbocycles. The molecule has 0 saturated heterocycles. The molecule has 0 aliphatic heterocycles. The van der Waals surface area contributed by atoms with Crippen molar-refractivity contribution in [3.63, 3.8) is 0 Å². The van der Waals surface area contributed by atoms with Crippen LogP contribution in [0.4, 0.5) is 11.4 Å². The molecule has 8 heteroatoms. The number of nitrogens with zero attached hydrogens (tertiary/aromatic N) is 3. The smallest absolute Gasteiger partial charge is 0.277 e. The Kier molecular flexibility index (Phi) is 5.02. The van der Waals surface area contributed by atoms with E-state index in [1.165, 1.54) is 11.6 Å². The van der Waals surface area contributed by atoms with E-state index >= 15 is 0 Å². The molecular formula is C18H17N5O3. The van der Waals surface area contributed by atoms with Crippen LogP contribution in [0.3, 0.4) is 0 Å². The van der Waals surface area contributed by atoms with E-state index in [9.17, 15) is 14.4 Å². The van der Waals surface area contributed by atoms with E-state index in [2.05, 4.69) is 20.9 Å². The van der Waals surface area contributed by atoms with E-state index in [0.29, 0.717) is 22.3 Å². The molecule has 3 aromatic rings. The van der Waals surface area contributed by atoms with Gasteiger partial charge in [0.05, 0.1) is 11.9 Å². The van der Waals surface area contributed by atoms with Gasteiger partial charge < -0.3 is 10.6 Å². The summed E-state index contributed by atoms with van der Waals surface area (Å²) in [5.41, 5.74) is 1.38. The van der Waals surface area contributed by atoms with Crippen molar-refractivity contribution < 1.29 is 9.59 Å². The summed E-state index contributed by atoms with van der Waals surface area (Å²) in [5.74, 6) is -0.463. The predicted molar refractivity (Wildman–Crippen MR) is 97.8 cm³/mol. The number of fused-ring (bicyclic) bond motifs is 1. The number of aromatic nitrogens is 3. The van der Waals surface area contributed by atoms with Crippen molar-refractivity contribution in [2.24, 2.45) is 0 Å². The van der Waals surface area contributed by atoms with Crippen LogP contribution in [0.5, 0.6) is 0 Å². The first kappa shape index (κ1) is 17.3. The number of benzene rings is 2. The zero-order valence-electron chi connectivity index (χ0n) is 14.1. The molecule has 0 spiro atoms. The standard InChI is InChI=1S/C18H17N5O3/c1-12(24)19-13-5-4-6-14(11-13)20-17(25)9-10-23-18(26)15-7-2-3-8-16(15)21-22-23/h2-8,11H,9-10H2,1H3,(H,19,24)(H,20,25). The van der Waals surface area contributed by atoms with Gasteiger partial charge in [0.25, 0.3) is 5.56 Å². The highest BCUT2D eigenvalue weighted by atomic mass is 16.2. The second kappa shape index (κ2) is 7.56. The average molecular weight is 351 g/mol. The monoisotopic (exact) mass is 351 g/mol. The fraction of sp³-hybridized carbons (Fsp3) is 0.167. The van der Waals surface area contributed by atoms with Gasteiger partial charge in [0.1, 0.15) is 5.52 Å². The Morgan fingerprint density at radius 1 is 1.04 bits per heavy atom. The van der Waals surface area contributed by atoms with Crippen LogP contribution in [-0.2, 0) is 16.1 Å². The van der Waals surface area contributed by atoms with E-state index in [-0.39, 0.29) is 30.3 Å². The number of anilines is 2. The number of amides is 2. The van der Waals surface area contributed by atoms with Gasteiger partial charge in [0.15, 0.2) is 0 Å². The number of hydrogen-bond donors (Lipinski definition) is 2. The highest BCUT2D eigenvalue weighted by molar-refractivity contribution is 5.93. The van der Waals surface area contributed by atoms with Gasteiger partial charge in [-0.25, -0.2) is 4.68 Å². The van der Waals surface area contributed by atoms with Gasteiger partial charge in [-0.2, -0.15) is 0 Å². The Balaban J connectivity index is 1.65. The summed E-state index contributed by atoms with van der Waals surface area (Å²) >= 11 is 0. The quantitative estimate of drug-likeness (QED) is 0.729. The summed E-state index contributed by atoms with van der Waals surface area (Å²) in [6.07, 6.45) is 0.0668. The fourth-order valence-electron chi connectivity index (χ4n) is 2.48. The van der Waals surface area contributed by atoms with Crippen LogP contribution in [0.2, 0.25) is 0 Å². The first-order valence-corrected chi connectivity index (χ1v) is 8.03. The lowest BCUT2D eigenvalue weighted by molar-refractivity contribution is -0.116. The lowest BCUT2D eigenvalue weighted by atomic mass is 10.2. The van der Waals surface area contributed by atoms with Gasteiger partial charge in [-0.15, -0.1) is 5.10 Å². The Morgan fingerprint density at radius 3 is 2.54 bits per heavy atom. The topological polar surface area (TPSA) is 106 Å². The molecule has 0 aliphatic carbocycles. The third kappa shape index (κ3) is 4.10. The van der Waals surface area contributed by atoms with Crippen LogP contribution in [0.1, 0.15) is 13.3 Å². The second-order valence-corrected chi connectivity index (χ2v) is 5.70. The van der Waals surface area contributed by atoms with Gasteiger partial charge >= 0.3 is 0 Å². The maximum absolute atomic E-state index is 12.3. The fourth-order valence-corrected chi connectivity index (χ4v) is 2.48. The molecule has 0 radical (unpaired) electrons. The largest absolute Gasteiger partial charge is 0.326 e. The minimum atomic E-state index is -0.281. The molecule has 1 aromatic heterocycles. The maximum Gasteiger partial charge on any atom is 0.277 e. The zero-order valence-corrected chi connectivity index (χ0v) is 14.1. The lowest BCUT2D eigenvalue weighted by Gasteiger charge is -2.08. The molecule has 26 heavy (non-hydrogen) atoms. The van der Waals surface area contributed by atoms with Gasteiger partial charge in [0.2, 0.25) is 11.8 Å². The van der Waals surface area contributed by atoms with E-state index in [4.69, 9.17) is 0 Å². The van der Waals surface area contributed by atoms with Crippen LogP contribution in [0.25, 0.3) is 10.9 Å². The van der Waals surface area contributed by atoms with Crippen LogP contribution >= 0.6 is 0 Å². The first-order chi connectivity index (χ1) is 12.5. The highest BCUT2D eigenvalue weighted by Crippen LogP contribution is 2.15.